The predicted octanol–water partition coefficient (Wildman–Crippen LogP) is 2.98. The fourth-order valence-electron chi connectivity index (χ4n) is 1.19. The monoisotopic (exact) mass is 266 g/mol. The smallest absolute Gasteiger partial charge is 0.337 e. The third-order valence-electron chi connectivity index (χ3n) is 1.95. The molecule has 0 spiro atoms. The number of hydrogen-bond acceptors (Lipinski definition) is 4. The van der Waals surface area contributed by atoms with Gasteiger partial charge in [-0.25, -0.2) is 14.8 Å². The Balaban J connectivity index is 2.24. The lowest BCUT2D eigenvalue weighted by molar-refractivity contribution is 0.0697. The molecular formula is C11H7ClN2O2S. The molecule has 0 aliphatic rings. The number of halogens is 1. The van der Waals surface area contributed by atoms with E-state index in [-0.39, 0.29) is 10.6 Å². The van der Waals surface area contributed by atoms with E-state index in [1.807, 2.05) is 0 Å². The fraction of sp³-hybridized carbons (Fsp3) is 0. The SMILES string of the molecule is O=C(O)c1ccc(Sc2ccncn2)cc1Cl. The summed E-state index contributed by atoms with van der Waals surface area (Å²) in [6.07, 6.45) is 3.10. The number of aromatic nitrogens is 2. The Bertz CT molecular complexity index is 548. The predicted molar refractivity (Wildman–Crippen MR) is 64.6 cm³/mol. The Morgan fingerprint density at radius 2 is 2.18 bits per heavy atom. The van der Waals surface area contributed by atoms with Crippen LogP contribution in [0.15, 0.2) is 46.7 Å². The quantitative estimate of drug-likeness (QED) is 0.866. The summed E-state index contributed by atoms with van der Waals surface area (Å²) in [5.74, 6) is -1.03. The maximum absolute atomic E-state index is 10.8. The van der Waals surface area contributed by atoms with E-state index in [1.165, 1.54) is 24.2 Å². The van der Waals surface area contributed by atoms with Gasteiger partial charge in [0.2, 0.25) is 0 Å². The van der Waals surface area contributed by atoms with E-state index in [0.29, 0.717) is 0 Å². The van der Waals surface area contributed by atoms with Crippen molar-refractivity contribution in [2.45, 2.75) is 9.92 Å². The van der Waals surface area contributed by atoms with Crippen LogP contribution in [0, 0.1) is 0 Å². The summed E-state index contributed by atoms with van der Waals surface area (Å²) in [7, 11) is 0. The van der Waals surface area contributed by atoms with Gasteiger partial charge >= 0.3 is 5.97 Å². The molecule has 1 heterocycles. The van der Waals surface area contributed by atoms with Crippen molar-refractivity contribution in [3.05, 3.63) is 47.4 Å². The highest BCUT2D eigenvalue weighted by Crippen LogP contribution is 2.29. The highest BCUT2D eigenvalue weighted by molar-refractivity contribution is 7.99. The highest BCUT2D eigenvalue weighted by atomic mass is 35.5. The van der Waals surface area contributed by atoms with Gasteiger partial charge in [-0.15, -0.1) is 0 Å². The van der Waals surface area contributed by atoms with E-state index < -0.39 is 5.97 Å². The molecule has 0 amide bonds. The Morgan fingerprint density at radius 3 is 2.76 bits per heavy atom. The molecule has 1 aromatic heterocycles. The van der Waals surface area contributed by atoms with Gasteiger partial charge in [-0.2, -0.15) is 0 Å². The molecule has 2 rings (SSSR count). The number of carboxylic acids is 1. The van der Waals surface area contributed by atoms with Gasteiger partial charge in [0.1, 0.15) is 11.4 Å². The van der Waals surface area contributed by atoms with E-state index in [2.05, 4.69) is 9.97 Å². The summed E-state index contributed by atoms with van der Waals surface area (Å²) in [4.78, 5) is 19.5. The Hall–Kier alpha value is -1.59. The molecule has 0 radical (unpaired) electrons. The van der Waals surface area contributed by atoms with E-state index >= 15 is 0 Å². The fourth-order valence-corrected chi connectivity index (χ4v) is 2.30. The van der Waals surface area contributed by atoms with Crippen molar-refractivity contribution < 1.29 is 9.90 Å². The van der Waals surface area contributed by atoms with Gasteiger partial charge in [-0.3, -0.25) is 0 Å². The van der Waals surface area contributed by atoms with Gasteiger partial charge in [-0.05, 0) is 24.3 Å². The minimum atomic E-state index is -1.03. The van der Waals surface area contributed by atoms with E-state index in [0.717, 1.165) is 9.92 Å². The van der Waals surface area contributed by atoms with Crippen LogP contribution in [-0.4, -0.2) is 21.0 Å². The number of aromatic carboxylic acids is 1. The highest BCUT2D eigenvalue weighted by Gasteiger charge is 2.09. The summed E-state index contributed by atoms with van der Waals surface area (Å²) in [6, 6.07) is 6.55. The molecule has 0 saturated carbocycles. The molecule has 0 bridgehead atoms. The van der Waals surface area contributed by atoms with Gasteiger partial charge in [0.05, 0.1) is 10.6 Å². The summed E-state index contributed by atoms with van der Waals surface area (Å²) >= 11 is 7.26. The molecule has 1 N–H and O–H groups in total. The molecule has 0 saturated heterocycles. The summed E-state index contributed by atoms with van der Waals surface area (Å²) < 4.78 is 0. The molecule has 2 aromatic rings. The van der Waals surface area contributed by atoms with Gasteiger partial charge in [0, 0.05) is 11.1 Å². The average Bonchev–Trinajstić information content (AvgIpc) is 2.30. The zero-order valence-corrected chi connectivity index (χ0v) is 10.1. The number of carbonyl (C=O) groups is 1. The third-order valence-corrected chi connectivity index (χ3v) is 3.20. The molecular weight excluding hydrogens is 260 g/mol. The number of carboxylic acid groups (broad SMARTS) is 1. The van der Waals surface area contributed by atoms with Crippen molar-refractivity contribution >= 4 is 29.3 Å². The van der Waals surface area contributed by atoms with E-state index in [1.54, 1.807) is 24.4 Å². The molecule has 6 heteroatoms. The van der Waals surface area contributed by atoms with Crippen LogP contribution in [0.25, 0.3) is 0 Å². The number of benzene rings is 1. The van der Waals surface area contributed by atoms with Gasteiger partial charge in [0.15, 0.2) is 0 Å². The van der Waals surface area contributed by atoms with Crippen LogP contribution in [-0.2, 0) is 0 Å². The molecule has 1 aromatic carbocycles. The van der Waals surface area contributed by atoms with Crippen molar-refractivity contribution in [1.29, 1.82) is 0 Å². The Labute approximate surface area is 107 Å². The van der Waals surface area contributed by atoms with Crippen molar-refractivity contribution in [1.82, 2.24) is 9.97 Å². The second kappa shape index (κ2) is 5.16. The summed E-state index contributed by atoms with van der Waals surface area (Å²) in [6.45, 7) is 0. The number of rotatable bonds is 3. The first-order chi connectivity index (χ1) is 8.16. The Kier molecular flexibility index (Phi) is 3.61. The van der Waals surface area contributed by atoms with Crippen LogP contribution in [0.4, 0.5) is 0 Å². The number of nitrogens with zero attached hydrogens (tertiary/aromatic N) is 2. The molecule has 17 heavy (non-hydrogen) atoms. The first-order valence-corrected chi connectivity index (χ1v) is 5.83. The minimum absolute atomic E-state index is 0.0960. The average molecular weight is 267 g/mol. The summed E-state index contributed by atoms with van der Waals surface area (Å²) in [5.41, 5.74) is 0.0960. The first-order valence-electron chi connectivity index (χ1n) is 4.63. The normalized spacial score (nSPS) is 10.2. The van der Waals surface area contributed by atoms with E-state index in [4.69, 9.17) is 16.7 Å². The van der Waals surface area contributed by atoms with Gasteiger partial charge in [-0.1, -0.05) is 23.4 Å². The minimum Gasteiger partial charge on any atom is -0.478 e. The third kappa shape index (κ3) is 2.95. The van der Waals surface area contributed by atoms with Gasteiger partial charge < -0.3 is 5.11 Å². The number of hydrogen-bond donors (Lipinski definition) is 1. The molecule has 4 nitrogen and oxygen atoms in total. The molecule has 0 aliphatic carbocycles. The second-order valence-electron chi connectivity index (χ2n) is 3.10. The summed E-state index contributed by atoms with van der Waals surface area (Å²) in [5, 5.41) is 9.83. The largest absolute Gasteiger partial charge is 0.478 e. The Morgan fingerprint density at radius 1 is 1.35 bits per heavy atom. The van der Waals surface area contributed by atoms with Crippen LogP contribution in [0.5, 0.6) is 0 Å². The molecule has 0 fully saturated rings. The molecule has 0 aliphatic heterocycles. The zero-order valence-electron chi connectivity index (χ0n) is 8.50. The van der Waals surface area contributed by atoms with Crippen LogP contribution in [0.2, 0.25) is 5.02 Å². The van der Waals surface area contributed by atoms with E-state index in [9.17, 15) is 4.79 Å². The van der Waals surface area contributed by atoms with Crippen molar-refractivity contribution in [2.24, 2.45) is 0 Å². The lowest BCUT2D eigenvalue weighted by Gasteiger charge is -2.03. The van der Waals surface area contributed by atoms with Crippen LogP contribution < -0.4 is 0 Å². The maximum atomic E-state index is 10.8. The van der Waals surface area contributed by atoms with Crippen molar-refractivity contribution in [3.8, 4) is 0 Å². The lowest BCUT2D eigenvalue weighted by Crippen LogP contribution is -1.96. The maximum Gasteiger partial charge on any atom is 0.337 e. The van der Waals surface area contributed by atoms with Crippen LogP contribution in [0.1, 0.15) is 10.4 Å². The standard InChI is InChI=1S/C11H7ClN2O2S/c12-9-5-7(1-2-8(9)11(15)16)17-10-3-4-13-6-14-10/h1-6H,(H,15,16). The van der Waals surface area contributed by atoms with Crippen molar-refractivity contribution in [3.63, 3.8) is 0 Å². The first kappa shape index (κ1) is 11.9. The molecule has 86 valence electrons. The molecule has 0 unspecified atom stereocenters. The lowest BCUT2D eigenvalue weighted by atomic mass is 10.2. The topological polar surface area (TPSA) is 63.1 Å². The molecule has 0 atom stereocenters. The van der Waals surface area contributed by atoms with Crippen LogP contribution >= 0.6 is 23.4 Å². The van der Waals surface area contributed by atoms with Crippen LogP contribution in [0.3, 0.4) is 0 Å². The van der Waals surface area contributed by atoms with Crippen molar-refractivity contribution in [2.75, 3.05) is 0 Å². The van der Waals surface area contributed by atoms with Gasteiger partial charge in [0.25, 0.3) is 0 Å². The zero-order chi connectivity index (χ0) is 12.3. The second-order valence-corrected chi connectivity index (χ2v) is 4.60.